The molecule has 1 aromatic heterocycles. The molecule has 0 fully saturated rings. The molecule has 162 valence electrons. The maximum atomic E-state index is 13.3. The van der Waals surface area contributed by atoms with Crippen LogP contribution in [0.1, 0.15) is 53.8 Å². The highest BCUT2D eigenvalue weighted by Gasteiger charge is 2.43. The van der Waals surface area contributed by atoms with Crippen molar-refractivity contribution < 1.29 is 9.90 Å². The van der Waals surface area contributed by atoms with Gasteiger partial charge in [0.15, 0.2) is 10.9 Å². The molecule has 1 aliphatic heterocycles. The monoisotopic (exact) mass is 445 g/mol. The zero-order chi connectivity index (χ0) is 22.6. The van der Waals surface area contributed by atoms with Gasteiger partial charge in [-0.2, -0.15) is 4.98 Å². The number of aromatic hydroxyl groups is 1. The van der Waals surface area contributed by atoms with Crippen LogP contribution in [-0.2, 0) is 6.42 Å². The Morgan fingerprint density at radius 3 is 2.78 bits per heavy atom. The van der Waals surface area contributed by atoms with Gasteiger partial charge in [-0.15, -0.1) is 12.6 Å². The summed E-state index contributed by atoms with van der Waals surface area (Å²) in [6.07, 6.45) is 5.72. The molecule has 2 aromatic rings. The number of benzene rings is 1. The molecule has 0 spiro atoms. The van der Waals surface area contributed by atoms with Gasteiger partial charge in [0.25, 0.3) is 5.91 Å². The molecule has 2 atom stereocenters. The molecule has 5 rings (SSSR count). The number of aromatic nitrogens is 2. The molecule has 7 heteroatoms. The van der Waals surface area contributed by atoms with Crippen molar-refractivity contribution in [1.82, 2.24) is 14.5 Å². The van der Waals surface area contributed by atoms with Crippen LogP contribution in [0.2, 0.25) is 0 Å². The van der Waals surface area contributed by atoms with Gasteiger partial charge < -0.3 is 14.6 Å². The van der Waals surface area contributed by atoms with Crippen LogP contribution in [0.15, 0.2) is 69.0 Å². The quantitative estimate of drug-likeness (QED) is 0.421. The number of thiol groups is 1. The molecular weight excluding hydrogens is 422 g/mol. The van der Waals surface area contributed by atoms with E-state index in [0.29, 0.717) is 6.54 Å². The lowest BCUT2D eigenvalue weighted by atomic mass is 9.80. The van der Waals surface area contributed by atoms with Gasteiger partial charge in [0.1, 0.15) is 0 Å². The number of carbonyl (C=O) groups excluding carboxylic acids is 1. The second-order valence-electron chi connectivity index (χ2n) is 8.62. The second kappa shape index (κ2) is 7.72. The van der Waals surface area contributed by atoms with Crippen LogP contribution in [0, 0.1) is 0 Å². The van der Waals surface area contributed by atoms with Crippen molar-refractivity contribution in [3.63, 3.8) is 0 Å². The predicted molar refractivity (Wildman–Crippen MR) is 123 cm³/mol. The highest BCUT2D eigenvalue weighted by Crippen LogP contribution is 2.47. The smallest absolute Gasteiger partial charge is 0.316 e. The molecule has 1 N–H and O–H groups in total. The van der Waals surface area contributed by atoms with E-state index >= 15 is 0 Å². The maximum absolute atomic E-state index is 13.3. The van der Waals surface area contributed by atoms with Crippen molar-refractivity contribution >= 4 is 18.5 Å². The van der Waals surface area contributed by atoms with Crippen molar-refractivity contribution in [2.24, 2.45) is 0 Å². The Kier molecular flexibility index (Phi) is 4.98. The lowest BCUT2D eigenvalue weighted by Crippen LogP contribution is -2.49. The molecule has 2 aliphatic carbocycles. The fourth-order valence-corrected chi connectivity index (χ4v) is 5.39. The van der Waals surface area contributed by atoms with E-state index < -0.39 is 17.2 Å². The van der Waals surface area contributed by atoms with Gasteiger partial charge in [0.05, 0.1) is 6.04 Å². The first-order valence-corrected chi connectivity index (χ1v) is 11.2. The van der Waals surface area contributed by atoms with Crippen molar-refractivity contribution in [3.8, 4) is 5.75 Å². The van der Waals surface area contributed by atoms with E-state index in [4.69, 9.17) is 0 Å². The first-order valence-electron chi connectivity index (χ1n) is 10.7. The third-order valence-electron chi connectivity index (χ3n) is 6.56. The Balaban J connectivity index is 1.83. The average Bonchev–Trinajstić information content (AvgIpc) is 2.94. The van der Waals surface area contributed by atoms with Crippen molar-refractivity contribution in [2.45, 2.75) is 49.8 Å². The summed E-state index contributed by atoms with van der Waals surface area (Å²) >= 11 is 4.47. The standard InChI is InChI=1S/C25H23N3O3S/c1-14(2)27-13-19(28-21(24(27)31)22(29)23(30)26-25(28)32)20-17-9-5-3-7-15(17)11-12-16-8-4-6-10-18(16)20/h3-5,7-9,14,19-20,29H,11-13H2,1-2H3,(H,26,30,32)/t19-,20?/m1/s1. The number of allylic oxidation sites excluding steroid dienone is 4. The first-order chi connectivity index (χ1) is 15.4. The van der Waals surface area contributed by atoms with Crippen LogP contribution in [-0.4, -0.2) is 38.1 Å². The molecule has 0 saturated carbocycles. The van der Waals surface area contributed by atoms with Gasteiger partial charge in [-0.1, -0.05) is 35.7 Å². The van der Waals surface area contributed by atoms with Crippen LogP contribution in [0.3, 0.4) is 0 Å². The van der Waals surface area contributed by atoms with E-state index in [-0.39, 0.29) is 28.9 Å². The molecule has 6 nitrogen and oxygen atoms in total. The molecule has 0 radical (unpaired) electrons. The summed E-state index contributed by atoms with van der Waals surface area (Å²) in [5, 5.41) is 10.7. The summed E-state index contributed by atoms with van der Waals surface area (Å²) in [5.41, 5.74) is 10.1. The van der Waals surface area contributed by atoms with Crippen LogP contribution >= 0.6 is 12.6 Å². The first kappa shape index (κ1) is 20.7. The third-order valence-corrected chi connectivity index (χ3v) is 6.87. The van der Waals surface area contributed by atoms with Crippen LogP contribution in [0.4, 0.5) is 0 Å². The van der Waals surface area contributed by atoms with Crippen LogP contribution in [0.25, 0.3) is 0 Å². The second-order valence-corrected chi connectivity index (χ2v) is 9.02. The minimum Gasteiger partial charge on any atom is -0.501 e. The maximum Gasteiger partial charge on any atom is 0.316 e. The van der Waals surface area contributed by atoms with E-state index in [2.05, 4.69) is 47.3 Å². The Labute approximate surface area is 191 Å². The number of amides is 1. The number of hydrogen-bond acceptors (Lipinski definition) is 5. The molecule has 1 aromatic carbocycles. The van der Waals surface area contributed by atoms with Gasteiger partial charge >= 0.3 is 5.56 Å². The number of rotatable bonds is 2. The fourth-order valence-electron chi connectivity index (χ4n) is 5.05. The summed E-state index contributed by atoms with van der Waals surface area (Å²) < 4.78 is 1.64. The van der Waals surface area contributed by atoms with E-state index in [1.54, 1.807) is 9.47 Å². The summed E-state index contributed by atoms with van der Waals surface area (Å²) in [5.74, 6) is -1.20. The third kappa shape index (κ3) is 3.09. The average molecular weight is 446 g/mol. The zero-order valence-electron chi connectivity index (χ0n) is 17.9. The zero-order valence-corrected chi connectivity index (χ0v) is 18.8. The molecule has 0 bridgehead atoms. The van der Waals surface area contributed by atoms with Crippen molar-refractivity contribution in [1.29, 1.82) is 0 Å². The largest absolute Gasteiger partial charge is 0.501 e. The minimum atomic E-state index is -0.847. The lowest BCUT2D eigenvalue weighted by Gasteiger charge is -2.42. The number of aryl methyl sites for hydroxylation is 1. The number of hydrogen-bond donors (Lipinski definition) is 2. The molecular formula is C25H23N3O3S. The van der Waals surface area contributed by atoms with E-state index in [9.17, 15) is 14.7 Å². The fraction of sp³-hybridized carbons (Fsp3) is 0.320. The van der Waals surface area contributed by atoms with E-state index in [1.807, 2.05) is 32.1 Å². The predicted octanol–water partition coefficient (Wildman–Crippen LogP) is 3.55. The minimum absolute atomic E-state index is 0.0526. The number of fused-ring (bicyclic) bond motifs is 3. The summed E-state index contributed by atoms with van der Waals surface area (Å²) in [6.45, 7) is 4.25. The van der Waals surface area contributed by atoms with Gasteiger partial charge in [-0.05, 0) is 55.5 Å². The lowest BCUT2D eigenvalue weighted by molar-refractivity contribution is 0.0573. The van der Waals surface area contributed by atoms with Gasteiger partial charge in [-0.3, -0.25) is 9.59 Å². The Bertz CT molecular complexity index is 1340. The van der Waals surface area contributed by atoms with Crippen LogP contribution in [0.5, 0.6) is 5.75 Å². The Hall–Kier alpha value is -3.24. The van der Waals surface area contributed by atoms with Crippen molar-refractivity contribution in [3.05, 3.63) is 86.2 Å². The topological polar surface area (TPSA) is 75.4 Å². The van der Waals surface area contributed by atoms with Gasteiger partial charge in [0.2, 0.25) is 5.75 Å². The summed E-state index contributed by atoms with van der Waals surface area (Å²) in [6, 6.07) is 7.85. The molecule has 3 aliphatic rings. The SMILES string of the molecule is CC(C)N1C[C@H](C2C3=C=C=CC=C3CCc3ccccc32)n2c(S)nc(=O)c(O)c2C1=O. The molecule has 2 heterocycles. The molecule has 1 unspecified atom stereocenters. The highest BCUT2D eigenvalue weighted by atomic mass is 32.1. The summed E-state index contributed by atoms with van der Waals surface area (Å²) in [4.78, 5) is 31.2. The van der Waals surface area contributed by atoms with E-state index in [1.165, 1.54) is 11.1 Å². The van der Waals surface area contributed by atoms with Crippen molar-refractivity contribution in [2.75, 3.05) is 6.54 Å². The van der Waals surface area contributed by atoms with Gasteiger partial charge in [-0.25, -0.2) is 0 Å². The Morgan fingerprint density at radius 1 is 1.22 bits per heavy atom. The van der Waals surface area contributed by atoms with E-state index in [0.717, 1.165) is 24.0 Å². The normalized spacial score (nSPS) is 21.5. The summed E-state index contributed by atoms with van der Waals surface area (Å²) in [7, 11) is 0. The number of nitrogens with zero attached hydrogens (tertiary/aromatic N) is 3. The van der Waals surface area contributed by atoms with Gasteiger partial charge in [0, 0.05) is 24.1 Å². The Morgan fingerprint density at radius 2 is 2.00 bits per heavy atom. The highest BCUT2D eigenvalue weighted by molar-refractivity contribution is 7.80. The molecule has 32 heavy (non-hydrogen) atoms. The van der Waals surface area contributed by atoms with Crippen LogP contribution < -0.4 is 5.56 Å². The molecule has 0 saturated heterocycles. The number of carbonyl (C=O) groups is 1. The molecule has 1 amide bonds.